The lowest BCUT2D eigenvalue weighted by Gasteiger charge is -2.19. The fraction of sp³-hybridized carbons (Fsp3) is 0.429. The molecule has 0 aliphatic heterocycles. The number of hydrogen-bond donors (Lipinski definition) is 3. The number of carbonyl (C=O) groups is 2. The summed E-state index contributed by atoms with van der Waals surface area (Å²) in [5.74, 6) is -2.14. The van der Waals surface area contributed by atoms with Gasteiger partial charge in [0.2, 0.25) is 0 Å². The van der Waals surface area contributed by atoms with E-state index in [2.05, 4.69) is 5.32 Å². The van der Waals surface area contributed by atoms with E-state index in [1.54, 1.807) is 13.8 Å². The molecule has 0 heterocycles. The van der Waals surface area contributed by atoms with Gasteiger partial charge < -0.3 is 15.5 Å². The zero-order valence-electron chi connectivity index (χ0n) is 12.8. The van der Waals surface area contributed by atoms with E-state index < -0.39 is 28.9 Å². The average Bonchev–Trinajstić information content (AvgIpc) is 2.34. The van der Waals surface area contributed by atoms with Gasteiger partial charge in [0.15, 0.2) is 5.60 Å². The molecule has 0 aliphatic rings. The van der Waals surface area contributed by atoms with Crippen LogP contribution in [0.5, 0.6) is 0 Å². The van der Waals surface area contributed by atoms with Crippen molar-refractivity contribution in [3.8, 4) is 0 Å². The summed E-state index contributed by atoms with van der Waals surface area (Å²) in [4.78, 5) is 33.5. The first kappa shape index (κ1) is 17.6. The van der Waals surface area contributed by atoms with Crippen molar-refractivity contribution in [1.82, 2.24) is 5.32 Å². The van der Waals surface area contributed by atoms with Crippen LogP contribution in [0.2, 0.25) is 0 Å². The molecule has 0 bridgehead atoms. The number of amides is 1. The van der Waals surface area contributed by atoms with E-state index in [9.17, 15) is 24.8 Å². The van der Waals surface area contributed by atoms with Crippen LogP contribution in [0.3, 0.4) is 0 Å². The standard InChI is InChI=1S/C14H18N2O6/c1-7-5-8(2)11(16(21)22)9(3)10(7)12(17)15-6-14(4,20)13(18)19/h5,20H,6H2,1-4H3,(H,15,17)(H,18,19). The molecule has 1 unspecified atom stereocenters. The Kier molecular flexibility index (Phi) is 4.87. The van der Waals surface area contributed by atoms with Gasteiger partial charge in [-0.25, -0.2) is 4.79 Å². The Morgan fingerprint density at radius 3 is 2.32 bits per heavy atom. The number of hydrogen-bond acceptors (Lipinski definition) is 5. The summed E-state index contributed by atoms with van der Waals surface area (Å²) < 4.78 is 0. The lowest BCUT2D eigenvalue weighted by atomic mass is 9.96. The minimum Gasteiger partial charge on any atom is -0.479 e. The summed E-state index contributed by atoms with van der Waals surface area (Å²) in [5.41, 5.74) is -0.981. The lowest BCUT2D eigenvalue weighted by Crippen LogP contribution is -2.46. The van der Waals surface area contributed by atoms with Gasteiger partial charge in [0.25, 0.3) is 11.6 Å². The first-order chi connectivity index (χ1) is 9.99. The highest BCUT2D eigenvalue weighted by molar-refractivity contribution is 5.98. The van der Waals surface area contributed by atoms with Crippen molar-refractivity contribution in [3.05, 3.63) is 38.4 Å². The third-order valence-corrected chi connectivity index (χ3v) is 3.39. The van der Waals surface area contributed by atoms with Crippen LogP contribution in [0.15, 0.2) is 6.07 Å². The summed E-state index contributed by atoms with van der Waals surface area (Å²) in [6, 6.07) is 1.52. The van der Waals surface area contributed by atoms with E-state index in [0.717, 1.165) is 6.92 Å². The molecular formula is C14H18N2O6. The van der Waals surface area contributed by atoms with Gasteiger partial charge >= 0.3 is 5.97 Å². The minimum atomic E-state index is -2.12. The summed E-state index contributed by atoms with van der Waals surface area (Å²) >= 11 is 0. The molecule has 1 aromatic carbocycles. The van der Waals surface area contributed by atoms with E-state index in [4.69, 9.17) is 5.11 Å². The van der Waals surface area contributed by atoms with Crippen LogP contribution in [-0.2, 0) is 4.79 Å². The Hall–Kier alpha value is -2.48. The number of carboxylic acid groups (broad SMARTS) is 1. The van der Waals surface area contributed by atoms with Crippen molar-refractivity contribution in [1.29, 1.82) is 0 Å². The Labute approximate surface area is 126 Å². The highest BCUT2D eigenvalue weighted by Crippen LogP contribution is 2.28. The molecular weight excluding hydrogens is 292 g/mol. The number of nitrogens with one attached hydrogen (secondary N) is 1. The predicted molar refractivity (Wildman–Crippen MR) is 77.9 cm³/mol. The number of aryl methyl sites for hydroxylation is 2. The van der Waals surface area contributed by atoms with Gasteiger partial charge in [0, 0.05) is 11.1 Å². The number of rotatable bonds is 5. The fourth-order valence-corrected chi connectivity index (χ4v) is 2.22. The van der Waals surface area contributed by atoms with Crippen molar-refractivity contribution in [2.45, 2.75) is 33.3 Å². The Balaban J connectivity index is 3.17. The molecule has 8 heteroatoms. The summed E-state index contributed by atoms with van der Waals surface area (Å²) in [7, 11) is 0. The molecule has 0 saturated heterocycles. The molecule has 0 spiro atoms. The molecule has 1 aromatic rings. The van der Waals surface area contributed by atoms with E-state index in [1.807, 2.05) is 0 Å². The van der Waals surface area contributed by atoms with Crippen molar-refractivity contribution in [2.75, 3.05) is 6.54 Å². The number of carbonyl (C=O) groups excluding carboxylic acids is 1. The molecule has 0 radical (unpaired) electrons. The smallest absolute Gasteiger partial charge is 0.337 e. The Morgan fingerprint density at radius 2 is 1.86 bits per heavy atom. The van der Waals surface area contributed by atoms with Crippen LogP contribution in [0.25, 0.3) is 0 Å². The molecule has 8 nitrogen and oxygen atoms in total. The van der Waals surface area contributed by atoms with Crippen LogP contribution in [0, 0.1) is 30.9 Å². The van der Waals surface area contributed by atoms with E-state index in [1.165, 1.54) is 13.0 Å². The molecule has 120 valence electrons. The quantitative estimate of drug-likeness (QED) is 0.551. The summed E-state index contributed by atoms with van der Waals surface area (Å²) in [6.07, 6.45) is 0. The summed E-state index contributed by atoms with van der Waals surface area (Å²) in [6.45, 7) is 5.21. The molecule has 1 atom stereocenters. The topological polar surface area (TPSA) is 130 Å². The molecule has 0 saturated carbocycles. The third-order valence-electron chi connectivity index (χ3n) is 3.39. The van der Waals surface area contributed by atoms with Crippen molar-refractivity contribution >= 4 is 17.6 Å². The van der Waals surface area contributed by atoms with Crippen molar-refractivity contribution in [3.63, 3.8) is 0 Å². The molecule has 0 aliphatic carbocycles. The van der Waals surface area contributed by atoms with E-state index >= 15 is 0 Å². The second-order valence-corrected chi connectivity index (χ2v) is 5.38. The molecule has 1 rings (SSSR count). The molecule has 3 N–H and O–H groups in total. The third kappa shape index (κ3) is 3.40. The first-order valence-corrected chi connectivity index (χ1v) is 6.48. The SMILES string of the molecule is Cc1cc(C)c([N+](=O)[O-])c(C)c1C(=O)NCC(C)(O)C(=O)O. The molecule has 22 heavy (non-hydrogen) atoms. The lowest BCUT2D eigenvalue weighted by molar-refractivity contribution is -0.386. The predicted octanol–water partition coefficient (Wildman–Crippen LogP) is 1.09. The number of aliphatic carboxylic acids is 1. The number of benzene rings is 1. The molecule has 0 aromatic heterocycles. The summed E-state index contributed by atoms with van der Waals surface area (Å²) in [5, 5.41) is 31.8. The maximum atomic E-state index is 12.2. The monoisotopic (exact) mass is 310 g/mol. The Bertz CT molecular complexity index is 651. The van der Waals surface area contributed by atoms with E-state index in [0.29, 0.717) is 11.1 Å². The van der Waals surface area contributed by atoms with Crippen LogP contribution < -0.4 is 5.32 Å². The first-order valence-electron chi connectivity index (χ1n) is 6.48. The maximum Gasteiger partial charge on any atom is 0.337 e. The average molecular weight is 310 g/mol. The highest BCUT2D eigenvalue weighted by atomic mass is 16.6. The fourth-order valence-electron chi connectivity index (χ4n) is 2.22. The van der Waals surface area contributed by atoms with Gasteiger partial charge in [-0.2, -0.15) is 0 Å². The highest BCUT2D eigenvalue weighted by Gasteiger charge is 2.31. The van der Waals surface area contributed by atoms with Crippen LogP contribution in [0.1, 0.15) is 34.0 Å². The van der Waals surface area contributed by atoms with Crippen LogP contribution in [-0.4, -0.2) is 39.2 Å². The van der Waals surface area contributed by atoms with Gasteiger partial charge in [-0.3, -0.25) is 14.9 Å². The zero-order valence-corrected chi connectivity index (χ0v) is 12.8. The number of carboxylic acids is 1. The van der Waals surface area contributed by atoms with Gasteiger partial charge in [0.05, 0.1) is 17.0 Å². The normalized spacial score (nSPS) is 13.3. The van der Waals surface area contributed by atoms with Gasteiger partial charge in [-0.15, -0.1) is 0 Å². The number of nitro benzene ring substituents is 1. The van der Waals surface area contributed by atoms with Gasteiger partial charge in [0.1, 0.15) is 0 Å². The maximum absolute atomic E-state index is 12.2. The second-order valence-electron chi connectivity index (χ2n) is 5.38. The zero-order chi connectivity index (χ0) is 17.2. The van der Waals surface area contributed by atoms with Crippen LogP contribution >= 0.6 is 0 Å². The largest absolute Gasteiger partial charge is 0.479 e. The number of aliphatic hydroxyl groups is 1. The van der Waals surface area contributed by atoms with Crippen LogP contribution in [0.4, 0.5) is 5.69 Å². The molecule has 0 fully saturated rings. The van der Waals surface area contributed by atoms with Gasteiger partial charge in [-0.1, -0.05) is 0 Å². The number of nitro groups is 1. The molecule has 1 amide bonds. The second kappa shape index (κ2) is 6.10. The van der Waals surface area contributed by atoms with Crippen molar-refractivity contribution < 1.29 is 24.7 Å². The minimum absolute atomic E-state index is 0.110. The Morgan fingerprint density at radius 1 is 1.32 bits per heavy atom. The van der Waals surface area contributed by atoms with Gasteiger partial charge in [-0.05, 0) is 39.3 Å². The van der Waals surface area contributed by atoms with E-state index in [-0.39, 0.29) is 16.8 Å². The number of nitrogens with zero attached hydrogens (tertiary/aromatic N) is 1. The van der Waals surface area contributed by atoms with Crippen molar-refractivity contribution in [2.24, 2.45) is 0 Å².